The van der Waals surface area contributed by atoms with Crippen LogP contribution in [0.3, 0.4) is 0 Å². The molecule has 1 aromatic carbocycles. The number of hydrogen-bond acceptors (Lipinski definition) is 2. The summed E-state index contributed by atoms with van der Waals surface area (Å²) in [5.74, 6) is -1.25. The van der Waals surface area contributed by atoms with Gasteiger partial charge in [0.1, 0.15) is 12.4 Å². The van der Waals surface area contributed by atoms with Gasteiger partial charge in [0.05, 0.1) is 6.20 Å². The molecular formula is C11H9FN2O2. The molecule has 0 saturated heterocycles. The van der Waals surface area contributed by atoms with Crippen LogP contribution in [0.1, 0.15) is 0 Å². The van der Waals surface area contributed by atoms with E-state index in [0.29, 0.717) is 0 Å². The Morgan fingerprint density at radius 2 is 2.00 bits per heavy atom. The van der Waals surface area contributed by atoms with Gasteiger partial charge in [-0.1, -0.05) is 12.1 Å². The number of carboxylic acids is 1. The van der Waals surface area contributed by atoms with Crippen molar-refractivity contribution in [2.75, 3.05) is 0 Å². The average Bonchev–Trinajstić information content (AvgIpc) is 2.66. The Morgan fingerprint density at radius 1 is 1.31 bits per heavy atom. The Labute approximate surface area is 90.9 Å². The zero-order valence-corrected chi connectivity index (χ0v) is 8.30. The summed E-state index contributed by atoms with van der Waals surface area (Å²) in [7, 11) is 0. The summed E-state index contributed by atoms with van der Waals surface area (Å²) in [6, 6.07) is 5.95. The molecule has 0 spiro atoms. The molecule has 0 aliphatic carbocycles. The number of halogens is 1. The van der Waals surface area contributed by atoms with Gasteiger partial charge in [-0.05, 0) is 17.7 Å². The first-order chi connectivity index (χ1) is 7.65. The van der Waals surface area contributed by atoms with Crippen molar-refractivity contribution in [1.29, 1.82) is 0 Å². The second kappa shape index (κ2) is 4.14. The van der Waals surface area contributed by atoms with E-state index in [1.165, 1.54) is 16.8 Å². The van der Waals surface area contributed by atoms with Crippen molar-refractivity contribution >= 4 is 5.97 Å². The summed E-state index contributed by atoms with van der Waals surface area (Å²) < 4.78 is 14.0. The summed E-state index contributed by atoms with van der Waals surface area (Å²) in [5.41, 5.74) is 1.57. The number of aromatic nitrogens is 2. The van der Waals surface area contributed by atoms with Crippen LogP contribution in [0.5, 0.6) is 0 Å². The Bertz CT molecular complexity index is 505. The summed E-state index contributed by atoms with van der Waals surface area (Å²) in [4.78, 5) is 10.4. The molecule has 0 aliphatic rings. The SMILES string of the molecule is O=C(O)Cn1cc(-c2ccc(F)cc2)cn1. The predicted molar refractivity (Wildman–Crippen MR) is 55.3 cm³/mol. The number of aliphatic carboxylic acids is 1. The van der Waals surface area contributed by atoms with Crippen molar-refractivity contribution in [2.45, 2.75) is 6.54 Å². The van der Waals surface area contributed by atoms with Gasteiger partial charge in [0.25, 0.3) is 0 Å². The lowest BCUT2D eigenvalue weighted by Gasteiger charge is -1.96. The van der Waals surface area contributed by atoms with Crippen LogP contribution in [0.2, 0.25) is 0 Å². The van der Waals surface area contributed by atoms with Crippen LogP contribution in [0.4, 0.5) is 4.39 Å². The number of hydrogen-bond donors (Lipinski definition) is 1. The first-order valence-corrected chi connectivity index (χ1v) is 4.65. The van der Waals surface area contributed by atoms with Crippen LogP contribution >= 0.6 is 0 Å². The van der Waals surface area contributed by atoms with Gasteiger partial charge in [0.15, 0.2) is 0 Å². The lowest BCUT2D eigenvalue weighted by atomic mass is 10.1. The van der Waals surface area contributed by atoms with E-state index in [1.807, 2.05) is 0 Å². The van der Waals surface area contributed by atoms with Crippen LogP contribution in [0.25, 0.3) is 11.1 Å². The van der Waals surface area contributed by atoms with Gasteiger partial charge in [-0.3, -0.25) is 9.48 Å². The van der Waals surface area contributed by atoms with E-state index in [9.17, 15) is 9.18 Å². The lowest BCUT2D eigenvalue weighted by Crippen LogP contribution is -2.08. The maximum atomic E-state index is 12.7. The Balaban J connectivity index is 2.24. The van der Waals surface area contributed by atoms with Crippen molar-refractivity contribution in [3.63, 3.8) is 0 Å². The third-order valence-corrected chi connectivity index (χ3v) is 2.11. The van der Waals surface area contributed by atoms with E-state index in [4.69, 9.17) is 5.11 Å². The monoisotopic (exact) mass is 220 g/mol. The van der Waals surface area contributed by atoms with Gasteiger partial charge >= 0.3 is 5.97 Å². The summed E-state index contributed by atoms with van der Waals surface area (Å²) in [5, 5.41) is 12.5. The first kappa shape index (κ1) is 10.4. The fourth-order valence-electron chi connectivity index (χ4n) is 1.38. The normalized spacial score (nSPS) is 10.3. The number of benzene rings is 1. The summed E-state index contributed by atoms with van der Waals surface area (Å²) in [6.07, 6.45) is 3.16. The highest BCUT2D eigenvalue weighted by Gasteiger charge is 2.04. The molecule has 1 aromatic heterocycles. The topological polar surface area (TPSA) is 55.1 Å². The van der Waals surface area contributed by atoms with Crippen LogP contribution in [0, 0.1) is 5.82 Å². The van der Waals surface area contributed by atoms with E-state index >= 15 is 0 Å². The molecule has 82 valence electrons. The molecule has 0 amide bonds. The van der Waals surface area contributed by atoms with Crippen molar-refractivity contribution < 1.29 is 14.3 Å². The Kier molecular flexibility index (Phi) is 2.68. The van der Waals surface area contributed by atoms with Gasteiger partial charge in [-0.2, -0.15) is 5.10 Å². The zero-order valence-electron chi connectivity index (χ0n) is 8.30. The van der Waals surface area contributed by atoms with Crippen LogP contribution in [-0.4, -0.2) is 20.9 Å². The predicted octanol–water partition coefficient (Wildman–Crippen LogP) is 1.77. The fraction of sp³-hybridized carbons (Fsp3) is 0.0909. The smallest absolute Gasteiger partial charge is 0.325 e. The van der Waals surface area contributed by atoms with E-state index in [-0.39, 0.29) is 12.4 Å². The quantitative estimate of drug-likeness (QED) is 0.857. The second-order valence-corrected chi connectivity index (χ2v) is 3.33. The molecule has 2 aromatic rings. The molecule has 2 rings (SSSR count). The van der Waals surface area contributed by atoms with Crippen LogP contribution in [-0.2, 0) is 11.3 Å². The standard InChI is InChI=1S/C11H9FN2O2/c12-10-3-1-8(2-4-10)9-5-13-14(6-9)7-11(15)16/h1-6H,7H2,(H,15,16). The number of nitrogens with zero attached hydrogens (tertiary/aromatic N) is 2. The van der Waals surface area contributed by atoms with Crippen LogP contribution < -0.4 is 0 Å². The van der Waals surface area contributed by atoms with Crippen LogP contribution in [0.15, 0.2) is 36.7 Å². The third-order valence-electron chi connectivity index (χ3n) is 2.11. The molecule has 0 fully saturated rings. The lowest BCUT2D eigenvalue weighted by molar-refractivity contribution is -0.137. The van der Waals surface area contributed by atoms with Gasteiger partial charge in [-0.15, -0.1) is 0 Å². The molecule has 0 aliphatic heterocycles. The Hall–Kier alpha value is -2.17. The number of rotatable bonds is 3. The molecule has 4 nitrogen and oxygen atoms in total. The minimum absolute atomic E-state index is 0.179. The largest absolute Gasteiger partial charge is 0.480 e. The van der Waals surface area contributed by atoms with Crippen molar-refractivity contribution in [1.82, 2.24) is 9.78 Å². The third kappa shape index (κ3) is 2.25. The second-order valence-electron chi connectivity index (χ2n) is 3.33. The minimum atomic E-state index is -0.950. The molecule has 0 unspecified atom stereocenters. The zero-order chi connectivity index (χ0) is 11.5. The molecule has 16 heavy (non-hydrogen) atoms. The highest BCUT2D eigenvalue weighted by atomic mass is 19.1. The van der Waals surface area contributed by atoms with E-state index in [2.05, 4.69) is 5.10 Å². The van der Waals surface area contributed by atoms with E-state index < -0.39 is 5.97 Å². The first-order valence-electron chi connectivity index (χ1n) is 4.65. The average molecular weight is 220 g/mol. The molecule has 1 heterocycles. The van der Waals surface area contributed by atoms with Gasteiger partial charge in [-0.25, -0.2) is 4.39 Å². The maximum absolute atomic E-state index is 12.7. The van der Waals surface area contributed by atoms with E-state index in [1.54, 1.807) is 24.5 Å². The highest BCUT2D eigenvalue weighted by Crippen LogP contribution is 2.18. The van der Waals surface area contributed by atoms with Crippen molar-refractivity contribution in [3.8, 4) is 11.1 Å². The highest BCUT2D eigenvalue weighted by molar-refractivity contribution is 5.67. The Morgan fingerprint density at radius 3 is 2.62 bits per heavy atom. The van der Waals surface area contributed by atoms with Gasteiger partial charge in [0, 0.05) is 11.8 Å². The molecule has 0 atom stereocenters. The van der Waals surface area contributed by atoms with Crippen molar-refractivity contribution in [2.24, 2.45) is 0 Å². The maximum Gasteiger partial charge on any atom is 0.325 e. The molecule has 5 heteroatoms. The summed E-state index contributed by atoms with van der Waals surface area (Å²) >= 11 is 0. The molecular weight excluding hydrogens is 211 g/mol. The van der Waals surface area contributed by atoms with Gasteiger partial charge in [0.2, 0.25) is 0 Å². The molecule has 0 saturated carbocycles. The number of carboxylic acid groups (broad SMARTS) is 1. The molecule has 0 radical (unpaired) electrons. The molecule has 1 N–H and O–H groups in total. The number of carbonyl (C=O) groups is 1. The van der Waals surface area contributed by atoms with E-state index in [0.717, 1.165) is 11.1 Å². The molecule has 0 bridgehead atoms. The summed E-state index contributed by atoms with van der Waals surface area (Å²) in [6.45, 7) is -0.179. The van der Waals surface area contributed by atoms with Gasteiger partial charge < -0.3 is 5.11 Å². The minimum Gasteiger partial charge on any atom is -0.480 e. The van der Waals surface area contributed by atoms with Crippen molar-refractivity contribution in [3.05, 3.63) is 42.5 Å². The fourth-order valence-corrected chi connectivity index (χ4v) is 1.38.